The van der Waals surface area contributed by atoms with Gasteiger partial charge in [0.1, 0.15) is 17.1 Å². The summed E-state index contributed by atoms with van der Waals surface area (Å²) in [5.74, 6) is 1.11. The Morgan fingerprint density at radius 2 is 2.09 bits per heavy atom. The van der Waals surface area contributed by atoms with Crippen molar-refractivity contribution in [2.24, 2.45) is 7.05 Å². The van der Waals surface area contributed by atoms with E-state index in [1.807, 2.05) is 36.7 Å². The van der Waals surface area contributed by atoms with Crippen molar-refractivity contribution in [3.8, 4) is 5.75 Å². The van der Waals surface area contributed by atoms with Gasteiger partial charge in [0, 0.05) is 20.0 Å². The summed E-state index contributed by atoms with van der Waals surface area (Å²) < 4.78 is 20.3. The van der Waals surface area contributed by atoms with E-state index < -0.39 is 6.36 Å². The second-order valence-corrected chi connectivity index (χ2v) is 5.20. The number of rotatable bonds is 4. The van der Waals surface area contributed by atoms with E-state index in [9.17, 15) is 4.39 Å². The van der Waals surface area contributed by atoms with Crippen molar-refractivity contribution in [3.05, 3.63) is 42.4 Å². The highest BCUT2D eigenvalue weighted by atomic mass is 19.1. The average molecular weight is 300 g/mol. The molecule has 0 spiro atoms. The molecule has 0 saturated heterocycles. The van der Waals surface area contributed by atoms with Crippen molar-refractivity contribution in [2.45, 2.75) is 20.2 Å². The lowest BCUT2D eigenvalue weighted by molar-refractivity contribution is 0.0868. The van der Waals surface area contributed by atoms with Crippen molar-refractivity contribution in [1.29, 1.82) is 0 Å². The van der Waals surface area contributed by atoms with Crippen molar-refractivity contribution < 1.29 is 9.13 Å². The number of anilines is 2. The van der Waals surface area contributed by atoms with Gasteiger partial charge in [-0.3, -0.25) is 0 Å². The third kappa shape index (κ3) is 2.86. The molecule has 0 radical (unpaired) electrons. The molecule has 0 amide bonds. The molecule has 0 bridgehead atoms. The monoisotopic (exact) mass is 300 g/mol. The molecule has 1 atom stereocenters. The van der Waals surface area contributed by atoms with Crippen LogP contribution in [0.1, 0.15) is 12.5 Å². The molecule has 3 aromatic rings. The van der Waals surface area contributed by atoms with Gasteiger partial charge in [-0.05, 0) is 24.6 Å². The predicted molar refractivity (Wildman–Crippen MR) is 84.2 cm³/mol. The number of aromatic nitrogens is 3. The third-order valence-electron chi connectivity index (χ3n) is 3.30. The van der Waals surface area contributed by atoms with Gasteiger partial charge >= 0.3 is 0 Å². The molecule has 1 aromatic carbocycles. The third-order valence-corrected chi connectivity index (χ3v) is 3.30. The van der Waals surface area contributed by atoms with Crippen LogP contribution in [0.2, 0.25) is 0 Å². The molecule has 22 heavy (non-hydrogen) atoms. The molecule has 5 nitrogen and oxygen atoms in total. The van der Waals surface area contributed by atoms with E-state index in [0.29, 0.717) is 17.3 Å². The van der Waals surface area contributed by atoms with Crippen molar-refractivity contribution in [1.82, 2.24) is 14.5 Å². The highest BCUT2D eigenvalue weighted by molar-refractivity contribution is 5.78. The summed E-state index contributed by atoms with van der Waals surface area (Å²) in [5, 5.41) is 3.17. The topological polar surface area (TPSA) is 52.0 Å². The van der Waals surface area contributed by atoms with Gasteiger partial charge in [-0.15, -0.1) is 0 Å². The maximum atomic E-state index is 13.2. The summed E-state index contributed by atoms with van der Waals surface area (Å²) >= 11 is 0. The number of pyridine rings is 1. The van der Waals surface area contributed by atoms with Crippen LogP contribution in [0.15, 0.2) is 36.8 Å². The molecular formula is C16H17FN4O. The summed E-state index contributed by atoms with van der Waals surface area (Å²) in [6.07, 6.45) is 2.06. The Morgan fingerprint density at radius 3 is 2.86 bits per heavy atom. The maximum Gasteiger partial charge on any atom is 0.235 e. The van der Waals surface area contributed by atoms with Crippen molar-refractivity contribution in [2.75, 3.05) is 5.32 Å². The molecule has 6 heteroatoms. The molecule has 0 aliphatic rings. The number of ether oxygens (including phenoxy) is 1. The van der Waals surface area contributed by atoms with Crippen LogP contribution >= 0.6 is 0 Å². The number of hydrogen-bond donors (Lipinski definition) is 1. The van der Waals surface area contributed by atoms with Gasteiger partial charge in [-0.1, -0.05) is 6.07 Å². The van der Waals surface area contributed by atoms with Crippen LogP contribution in [0.5, 0.6) is 5.75 Å². The zero-order valence-electron chi connectivity index (χ0n) is 12.7. The molecule has 2 heterocycles. The highest BCUT2D eigenvalue weighted by Crippen LogP contribution is 2.30. The number of hydrogen-bond acceptors (Lipinski definition) is 4. The van der Waals surface area contributed by atoms with Crippen molar-refractivity contribution in [3.63, 3.8) is 0 Å². The molecule has 0 fully saturated rings. The van der Waals surface area contributed by atoms with E-state index in [-0.39, 0.29) is 0 Å². The number of nitrogens with zero attached hydrogens (tertiary/aromatic N) is 3. The average Bonchev–Trinajstić information content (AvgIpc) is 2.83. The SMILES string of the molecule is Cc1ccc(Nc2cc3c(cn2)ncn3C)c(OC(C)F)c1. The Labute approximate surface area is 127 Å². The largest absolute Gasteiger partial charge is 0.459 e. The Kier molecular flexibility index (Phi) is 3.66. The lowest BCUT2D eigenvalue weighted by atomic mass is 10.2. The molecule has 1 N–H and O–H groups in total. The first kappa shape index (κ1) is 14.3. The van der Waals surface area contributed by atoms with E-state index >= 15 is 0 Å². The normalized spacial score (nSPS) is 12.4. The van der Waals surface area contributed by atoms with E-state index in [1.54, 1.807) is 18.6 Å². The summed E-state index contributed by atoms with van der Waals surface area (Å²) in [6, 6.07) is 7.47. The number of aryl methyl sites for hydroxylation is 2. The second kappa shape index (κ2) is 5.63. The molecule has 0 aliphatic heterocycles. The molecule has 1 unspecified atom stereocenters. The van der Waals surface area contributed by atoms with Crippen LogP contribution in [0, 0.1) is 6.92 Å². The standard InChI is InChI=1S/C16H17FN4O/c1-10-4-5-12(15(6-10)22-11(2)17)20-16-7-14-13(8-18-16)19-9-21(14)3/h4-9,11H,1-3H3,(H,18,20). The number of nitrogens with one attached hydrogen (secondary N) is 1. The minimum atomic E-state index is -1.38. The van der Waals surface area contributed by atoms with Gasteiger partial charge in [-0.25, -0.2) is 14.4 Å². The van der Waals surface area contributed by atoms with Crippen molar-refractivity contribution >= 4 is 22.5 Å². The van der Waals surface area contributed by atoms with Gasteiger partial charge in [0.25, 0.3) is 0 Å². The van der Waals surface area contributed by atoms with Crippen LogP contribution in [0.25, 0.3) is 11.0 Å². The minimum absolute atomic E-state index is 0.460. The first-order valence-electron chi connectivity index (χ1n) is 6.98. The molecule has 2 aromatic heterocycles. The first-order chi connectivity index (χ1) is 10.5. The van der Waals surface area contributed by atoms with Crippen LogP contribution in [-0.4, -0.2) is 20.9 Å². The Balaban J connectivity index is 1.95. The summed E-state index contributed by atoms with van der Waals surface area (Å²) in [5.41, 5.74) is 3.46. The van der Waals surface area contributed by atoms with Gasteiger partial charge in [0.15, 0.2) is 0 Å². The molecule has 0 aliphatic carbocycles. The number of benzene rings is 1. The van der Waals surface area contributed by atoms with E-state index in [1.165, 1.54) is 6.92 Å². The fourth-order valence-electron chi connectivity index (χ4n) is 2.24. The number of fused-ring (bicyclic) bond motifs is 1. The van der Waals surface area contributed by atoms with Crippen LogP contribution in [0.4, 0.5) is 15.9 Å². The molecule has 114 valence electrons. The predicted octanol–water partition coefficient (Wildman–Crippen LogP) is 3.71. The quantitative estimate of drug-likeness (QED) is 0.798. The fourth-order valence-corrected chi connectivity index (χ4v) is 2.24. The highest BCUT2D eigenvalue weighted by Gasteiger charge is 2.10. The van der Waals surface area contributed by atoms with Gasteiger partial charge in [0.2, 0.25) is 6.36 Å². The Bertz CT molecular complexity index is 813. The zero-order chi connectivity index (χ0) is 15.7. The van der Waals surface area contributed by atoms with Gasteiger partial charge in [-0.2, -0.15) is 0 Å². The fraction of sp³-hybridized carbons (Fsp3) is 0.250. The number of alkyl halides is 1. The van der Waals surface area contributed by atoms with E-state index in [0.717, 1.165) is 16.6 Å². The molecule has 3 rings (SSSR count). The first-order valence-corrected chi connectivity index (χ1v) is 6.98. The van der Waals surface area contributed by atoms with Gasteiger partial charge in [0.05, 0.1) is 23.7 Å². The summed E-state index contributed by atoms with van der Waals surface area (Å²) in [7, 11) is 1.92. The number of halogens is 1. The molecule has 0 saturated carbocycles. The minimum Gasteiger partial charge on any atom is -0.459 e. The lowest BCUT2D eigenvalue weighted by Gasteiger charge is -2.14. The lowest BCUT2D eigenvalue weighted by Crippen LogP contribution is -2.06. The zero-order valence-corrected chi connectivity index (χ0v) is 12.7. The summed E-state index contributed by atoms with van der Waals surface area (Å²) in [4.78, 5) is 8.56. The van der Waals surface area contributed by atoms with E-state index in [4.69, 9.17) is 4.74 Å². The Hall–Kier alpha value is -2.63. The van der Waals surface area contributed by atoms with Crippen LogP contribution in [-0.2, 0) is 7.05 Å². The molecular weight excluding hydrogens is 283 g/mol. The van der Waals surface area contributed by atoms with Crippen LogP contribution < -0.4 is 10.1 Å². The Morgan fingerprint density at radius 1 is 1.27 bits per heavy atom. The van der Waals surface area contributed by atoms with Gasteiger partial charge < -0.3 is 14.6 Å². The maximum absolute atomic E-state index is 13.2. The second-order valence-electron chi connectivity index (χ2n) is 5.20. The number of imidazole rings is 1. The smallest absolute Gasteiger partial charge is 0.235 e. The van der Waals surface area contributed by atoms with E-state index in [2.05, 4.69) is 15.3 Å². The summed E-state index contributed by atoms with van der Waals surface area (Å²) in [6.45, 7) is 3.28. The van der Waals surface area contributed by atoms with Crippen LogP contribution in [0.3, 0.4) is 0 Å².